The van der Waals surface area contributed by atoms with Crippen molar-refractivity contribution < 1.29 is 9.53 Å². The van der Waals surface area contributed by atoms with Crippen molar-refractivity contribution in [1.82, 2.24) is 10.2 Å². The quantitative estimate of drug-likeness (QED) is 0.841. The molecule has 0 radical (unpaired) electrons. The number of amides is 1. The van der Waals surface area contributed by atoms with Crippen molar-refractivity contribution in [3.63, 3.8) is 0 Å². The van der Waals surface area contributed by atoms with Crippen LogP contribution in [0.5, 0.6) is 0 Å². The van der Waals surface area contributed by atoms with Crippen LogP contribution in [0.1, 0.15) is 11.1 Å². The van der Waals surface area contributed by atoms with Gasteiger partial charge in [-0.05, 0) is 23.6 Å². The fraction of sp³-hybridized carbons (Fsp3) is 0.500. The molecule has 0 bridgehead atoms. The first kappa shape index (κ1) is 12.9. The van der Waals surface area contributed by atoms with Gasteiger partial charge in [-0.3, -0.25) is 4.79 Å². The lowest BCUT2D eigenvalue weighted by molar-refractivity contribution is -0.146. The van der Waals surface area contributed by atoms with E-state index in [4.69, 9.17) is 16.3 Å². The maximum absolute atomic E-state index is 12.4. The molecule has 3 rings (SSSR count). The number of morpholine rings is 1. The second-order valence-electron chi connectivity index (χ2n) is 4.95. The third-order valence-electron chi connectivity index (χ3n) is 3.72. The van der Waals surface area contributed by atoms with E-state index in [1.54, 1.807) is 0 Å². The van der Waals surface area contributed by atoms with Crippen LogP contribution in [0, 0.1) is 0 Å². The van der Waals surface area contributed by atoms with Crippen LogP contribution in [-0.2, 0) is 22.5 Å². The molecule has 0 aromatic heterocycles. The number of nitrogens with one attached hydrogen (secondary N) is 1. The predicted octanol–water partition coefficient (Wildman–Crippen LogP) is 1.21. The summed E-state index contributed by atoms with van der Waals surface area (Å²) in [4.78, 5) is 14.2. The van der Waals surface area contributed by atoms with Gasteiger partial charge in [-0.1, -0.05) is 23.7 Å². The van der Waals surface area contributed by atoms with Gasteiger partial charge in [0.15, 0.2) is 0 Å². The summed E-state index contributed by atoms with van der Waals surface area (Å²) in [5.41, 5.74) is 2.33. The van der Waals surface area contributed by atoms with Gasteiger partial charge >= 0.3 is 0 Å². The standard InChI is InChI=1S/C14H17ClN2O2/c15-12-3-1-2-10-9-17(6-4-11(10)12)14(18)13-8-16-5-7-19-13/h1-3,13,16H,4-9H2. The van der Waals surface area contributed by atoms with Crippen molar-refractivity contribution >= 4 is 17.5 Å². The van der Waals surface area contributed by atoms with Crippen LogP contribution in [0.3, 0.4) is 0 Å². The minimum Gasteiger partial charge on any atom is -0.366 e. The third kappa shape index (κ3) is 2.61. The third-order valence-corrected chi connectivity index (χ3v) is 4.08. The Kier molecular flexibility index (Phi) is 3.73. The Morgan fingerprint density at radius 1 is 1.47 bits per heavy atom. The van der Waals surface area contributed by atoms with Gasteiger partial charge in [0.05, 0.1) is 6.61 Å². The molecule has 102 valence electrons. The molecule has 1 amide bonds. The molecule has 0 aliphatic carbocycles. The number of hydrogen-bond donors (Lipinski definition) is 1. The Balaban J connectivity index is 1.73. The van der Waals surface area contributed by atoms with E-state index in [9.17, 15) is 4.79 Å². The number of rotatable bonds is 1. The summed E-state index contributed by atoms with van der Waals surface area (Å²) in [5, 5.41) is 4.00. The lowest BCUT2D eigenvalue weighted by Gasteiger charge is -2.33. The van der Waals surface area contributed by atoms with Gasteiger partial charge in [0.25, 0.3) is 5.91 Å². The molecule has 5 heteroatoms. The van der Waals surface area contributed by atoms with E-state index in [1.807, 2.05) is 23.1 Å². The zero-order chi connectivity index (χ0) is 13.2. The van der Waals surface area contributed by atoms with Gasteiger partial charge in [0.1, 0.15) is 6.10 Å². The van der Waals surface area contributed by atoms with Gasteiger partial charge in [0.2, 0.25) is 0 Å². The van der Waals surface area contributed by atoms with Crippen molar-refractivity contribution in [2.75, 3.05) is 26.2 Å². The second kappa shape index (κ2) is 5.49. The molecule has 1 N–H and O–H groups in total. The average Bonchev–Trinajstić information content (AvgIpc) is 2.47. The summed E-state index contributed by atoms with van der Waals surface area (Å²) in [7, 11) is 0. The Labute approximate surface area is 117 Å². The molecule has 1 saturated heterocycles. The maximum atomic E-state index is 12.4. The largest absolute Gasteiger partial charge is 0.366 e. The SMILES string of the molecule is O=C(C1CNCCO1)N1CCc2c(Cl)cccc2C1. The smallest absolute Gasteiger partial charge is 0.253 e. The molecule has 2 aliphatic heterocycles. The van der Waals surface area contributed by atoms with Crippen LogP contribution in [0.2, 0.25) is 5.02 Å². The van der Waals surface area contributed by atoms with Crippen LogP contribution >= 0.6 is 11.6 Å². The highest BCUT2D eigenvalue weighted by Gasteiger charge is 2.29. The van der Waals surface area contributed by atoms with E-state index in [2.05, 4.69) is 5.32 Å². The highest BCUT2D eigenvalue weighted by atomic mass is 35.5. The van der Waals surface area contributed by atoms with Gasteiger partial charge < -0.3 is 15.0 Å². The highest BCUT2D eigenvalue weighted by Crippen LogP contribution is 2.26. The first-order valence-electron chi connectivity index (χ1n) is 6.63. The molecule has 0 spiro atoms. The molecule has 0 saturated carbocycles. The van der Waals surface area contributed by atoms with E-state index < -0.39 is 0 Å². The van der Waals surface area contributed by atoms with Crippen molar-refractivity contribution in [3.05, 3.63) is 34.3 Å². The Morgan fingerprint density at radius 2 is 2.37 bits per heavy atom. The van der Waals surface area contributed by atoms with E-state index in [-0.39, 0.29) is 12.0 Å². The molecule has 1 aromatic rings. The van der Waals surface area contributed by atoms with Crippen molar-refractivity contribution in [1.29, 1.82) is 0 Å². The molecule has 1 unspecified atom stereocenters. The zero-order valence-electron chi connectivity index (χ0n) is 10.7. The fourth-order valence-electron chi connectivity index (χ4n) is 2.68. The number of benzene rings is 1. The van der Waals surface area contributed by atoms with Gasteiger partial charge in [-0.15, -0.1) is 0 Å². The number of hydrogen-bond acceptors (Lipinski definition) is 3. The minimum atomic E-state index is -0.338. The summed E-state index contributed by atoms with van der Waals surface area (Å²) >= 11 is 6.18. The van der Waals surface area contributed by atoms with Gasteiger partial charge in [-0.2, -0.15) is 0 Å². The molecule has 2 heterocycles. The molecular formula is C14H17ClN2O2. The number of fused-ring (bicyclic) bond motifs is 1. The Bertz CT molecular complexity index is 486. The van der Waals surface area contributed by atoms with Crippen LogP contribution in [-0.4, -0.2) is 43.2 Å². The molecule has 1 fully saturated rings. The summed E-state index contributed by atoms with van der Waals surface area (Å²) in [6.07, 6.45) is 0.482. The number of carbonyl (C=O) groups excluding carboxylic acids is 1. The first-order valence-corrected chi connectivity index (χ1v) is 7.01. The van der Waals surface area contributed by atoms with Crippen molar-refractivity contribution in [2.24, 2.45) is 0 Å². The Morgan fingerprint density at radius 3 is 3.16 bits per heavy atom. The molecule has 1 atom stereocenters. The number of nitrogens with zero attached hydrogens (tertiary/aromatic N) is 1. The summed E-state index contributed by atoms with van der Waals surface area (Å²) < 4.78 is 5.52. The summed E-state index contributed by atoms with van der Waals surface area (Å²) in [6, 6.07) is 5.89. The lowest BCUT2D eigenvalue weighted by atomic mass is 9.99. The van der Waals surface area contributed by atoms with E-state index >= 15 is 0 Å². The minimum absolute atomic E-state index is 0.0813. The van der Waals surface area contributed by atoms with E-state index in [0.29, 0.717) is 19.7 Å². The average molecular weight is 281 g/mol. The van der Waals surface area contributed by atoms with Crippen LogP contribution in [0.15, 0.2) is 18.2 Å². The van der Waals surface area contributed by atoms with Crippen LogP contribution in [0.25, 0.3) is 0 Å². The molecule has 1 aromatic carbocycles. The molecule has 19 heavy (non-hydrogen) atoms. The van der Waals surface area contributed by atoms with Crippen molar-refractivity contribution in [3.8, 4) is 0 Å². The highest BCUT2D eigenvalue weighted by molar-refractivity contribution is 6.31. The van der Waals surface area contributed by atoms with E-state index in [0.717, 1.165) is 30.1 Å². The molecule has 4 nitrogen and oxygen atoms in total. The van der Waals surface area contributed by atoms with Crippen LogP contribution < -0.4 is 5.32 Å². The van der Waals surface area contributed by atoms with Gasteiger partial charge in [-0.25, -0.2) is 0 Å². The monoisotopic (exact) mass is 280 g/mol. The summed E-state index contributed by atoms with van der Waals surface area (Å²) in [5.74, 6) is 0.0813. The predicted molar refractivity (Wildman–Crippen MR) is 73.2 cm³/mol. The normalized spacial score (nSPS) is 23.0. The molecular weight excluding hydrogens is 264 g/mol. The van der Waals surface area contributed by atoms with E-state index in [1.165, 1.54) is 5.56 Å². The fourth-order valence-corrected chi connectivity index (χ4v) is 2.97. The number of carbonyl (C=O) groups is 1. The topological polar surface area (TPSA) is 41.6 Å². The van der Waals surface area contributed by atoms with Crippen LogP contribution in [0.4, 0.5) is 0 Å². The van der Waals surface area contributed by atoms with Crippen molar-refractivity contribution in [2.45, 2.75) is 19.1 Å². The number of ether oxygens (including phenoxy) is 1. The first-order chi connectivity index (χ1) is 9.25. The zero-order valence-corrected chi connectivity index (χ0v) is 11.4. The number of halogens is 1. The lowest BCUT2D eigenvalue weighted by Crippen LogP contribution is -2.50. The maximum Gasteiger partial charge on any atom is 0.253 e. The Hall–Kier alpha value is -1.10. The summed E-state index contributed by atoms with van der Waals surface area (Å²) in [6.45, 7) is 3.39. The second-order valence-corrected chi connectivity index (χ2v) is 5.36. The molecule has 2 aliphatic rings. The van der Waals surface area contributed by atoms with Gasteiger partial charge in [0, 0.05) is 31.2 Å².